The van der Waals surface area contributed by atoms with Crippen molar-refractivity contribution in [1.82, 2.24) is 19.9 Å². The number of amides is 1. The second-order valence-corrected chi connectivity index (χ2v) is 11.1. The molecule has 202 valence electrons. The number of aromatic nitrogens is 4. The molecular formula is C17H29N6O11P2+. The Morgan fingerprint density at radius 3 is 2.72 bits per heavy atom. The lowest BCUT2D eigenvalue weighted by Gasteiger charge is -2.21. The van der Waals surface area contributed by atoms with Crippen LogP contribution in [0.3, 0.4) is 0 Å². The first-order valence-electron chi connectivity index (χ1n) is 10.8. The van der Waals surface area contributed by atoms with Crippen LogP contribution in [0.25, 0.3) is 11.2 Å². The first-order valence-corrected chi connectivity index (χ1v) is 13.9. The first-order chi connectivity index (χ1) is 16.7. The number of hydrogen-bond acceptors (Lipinski definition) is 10. The summed E-state index contributed by atoms with van der Waals surface area (Å²) in [5, 5.41) is 13.8. The predicted octanol–water partition coefficient (Wildman–Crippen LogP) is -1.46. The zero-order chi connectivity index (χ0) is 26.8. The van der Waals surface area contributed by atoms with Crippen LogP contribution in [0.15, 0.2) is 11.1 Å². The van der Waals surface area contributed by atoms with Crippen molar-refractivity contribution in [2.75, 3.05) is 18.9 Å². The molecule has 0 saturated carbocycles. The number of aliphatic hydroxyl groups excluding tert-OH is 1. The quantitative estimate of drug-likeness (QED) is 0.124. The number of phosphoric ester groups is 1. The first kappa shape index (κ1) is 28.4. The fourth-order valence-electron chi connectivity index (χ4n) is 3.88. The Morgan fingerprint density at radius 2 is 2.08 bits per heavy atom. The molecule has 3 heterocycles. The normalized spacial score (nSPS) is 24.2. The molecule has 1 aliphatic rings. The van der Waals surface area contributed by atoms with Gasteiger partial charge in [-0.2, -0.15) is 4.31 Å². The summed E-state index contributed by atoms with van der Waals surface area (Å²) in [6, 6.07) is 0. The maximum absolute atomic E-state index is 12.3. The van der Waals surface area contributed by atoms with Gasteiger partial charge in [0.25, 0.3) is 11.5 Å². The fraction of sp³-hybridized carbons (Fsp3) is 0.647. The maximum atomic E-state index is 12.3. The molecule has 36 heavy (non-hydrogen) atoms. The van der Waals surface area contributed by atoms with Crippen molar-refractivity contribution in [3.63, 3.8) is 0 Å². The number of aryl methyl sites for hydroxylation is 1. The summed E-state index contributed by atoms with van der Waals surface area (Å²) >= 11 is 0. The molecule has 0 aliphatic carbocycles. The number of carbonyl (C=O) groups excluding carboxylic acids is 1. The zero-order valence-electron chi connectivity index (χ0n) is 19.4. The van der Waals surface area contributed by atoms with Gasteiger partial charge in [-0.3, -0.25) is 23.7 Å². The van der Waals surface area contributed by atoms with E-state index in [9.17, 15) is 28.7 Å². The number of fused-ring (bicyclic) bond motifs is 1. The molecule has 3 rings (SSSR count). The van der Waals surface area contributed by atoms with E-state index in [-0.39, 0.29) is 36.0 Å². The van der Waals surface area contributed by atoms with E-state index in [1.807, 2.05) is 6.92 Å². The van der Waals surface area contributed by atoms with Gasteiger partial charge in [-0.05, 0) is 6.42 Å². The smallest absolute Gasteiger partial charge is 0.386 e. The number of anilines is 1. The van der Waals surface area contributed by atoms with Gasteiger partial charge in [0.1, 0.15) is 6.10 Å². The molecular weight excluding hydrogens is 526 g/mol. The molecule has 8 N–H and O–H groups in total. The molecule has 17 nitrogen and oxygen atoms in total. The van der Waals surface area contributed by atoms with Crippen molar-refractivity contribution in [3.05, 3.63) is 16.7 Å². The predicted molar refractivity (Wildman–Crippen MR) is 121 cm³/mol. The standard InChI is InChI=1S/C17H28N6O11P2/c1-3-4-5-11(24)19-6-9-10(7-32-36(30,31)34-35(27,28)29)33-16(13(9)25)23-8-22(2)12-14(23)20-17(18)21-15(12)26/h8-10,13,16,25H,3-7H2,1-2H3,(H6-,18,19,20,21,24,26,27,28,29,30,31)/p+1/t9-,10-,13-,16-/m1/s1. The lowest BCUT2D eigenvalue weighted by Crippen LogP contribution is -2.46. The van der Waals surface area contributed by atoms with Crippen LogP contribution < -0.4 is 21.2 Å². The second-order valence-electron chi connectivity index (χ2n) is 8.22. The number of aromatic amines is 1. The monoisotopic (exact) mass is 555 g/mol. The summed E-state index contributed by atoms with van der Waals surface area (Å²) in [5.74, 6) is -1.38. The average Bonchev–Trinajstić information content (AvgIpc) is 3.23. The van der Waals surface area contributed by atoms with E-state index in [1.165, 1.54) is 15.5 Å². The highest BCUT2D eigenvalue weighted by Crippen LogP contribution is 2.57. The van der Waals surface area contributed by atoms with Crippen LogP contribution in [0.4, 0.5) is 5.95 Å². The summed E-state index contributed by atoms with van der Waals surface area (Å²) in [6.45, 7) is 1.06. The summed E-state index contributed by atoms with van der Waals surface area (Å²) in [5.41, 5.74) is 5.32. The molecule has 1 saturated heterocycles. The Kier molecular flexibility index (Phi) is 8.70. The number of rotatable bonds is 11. The summed E-state index contributed by atoms with van der Waals surface area (Å²) in [6.07, 6.45) is -0.590. The molecule has 1 unspecified atom stereocenters. The molecule has 1 fully saturated rings. The van der Waals surface area contributed by atoms with Crippen molar-refractivity contribution >= 4 is 38.7 Å². The Labute approximate surface area is 204 Å². The Hall–Kier alpha value is -2.20. The lowest BCUT2D eigenvalue weighted by molar-refractivity contribution is -0.745. The van der Waals surface area contributed by atoms with Crippen LogP contribution in [0.5, 0.6) is 0 Å². The van der Waals surface area contributed by atoms with Gasteiger partial charge in [0.05, 0.1) is 19.8 Å². The van der Waals surface area contributed by atoms with Crippen LogP contribution in [-0.2, 0) is 34.5 Å². The molecule has 0 spiro atoms. The number of nitrogen functional groups attached to an aromatic ring is 1. The van der Waals surface area contributed by atoms with Crippen molar-refractivity contribution in [2.24, 2.45) is 13.0 Å². The summed E-state index contributed by atoms with van der Waals surface area (Å²) < 4.78 is 40.0. The minimum Gasteiger partial charge on any atom is -0.386 e. The van der Waals surface area contributed by atoms with Gasteiger partial charge >= 0.3 is 21.3 Å². The topological polar surface area (TPSA) is 252 Å². The third-order valence-corrected chi connectivity index (χ3v) is 7.64. The van der Waals surface area contributed by atoms with E-state index in [4.69, 9.17) is 24.8 Å². The highest BCUT2D eigenvalue weighted by molar-refractivity contribution is 7.60. The maximum Gasteiger partial charge on any atom is 0.481 e. The third kappa shape index (κ3) is 6.76. The number of imidazole rings is 1. The summed E-state index contributed by atoms with van der Waals surface area (Å²) in [4.78, 5) is 58.1. The minimum atomic E-state index is -5.35. The molecule has 1 aliphatic heterocycles. The molecule has 19 heteroatoms. The van der Waals surface area contributed by atoms with Crippen molar-refractivity contribution in [3.8, 4) is 0 Å². The largest absolute Gasteiger partial charge is 0.481 e. The van der Waals surface area contributed by atoms with Gasteiger partial charge < -0.3 is 35.6 Å². The molecule has 0 radical (unpaired) electrons. The van der Waals surface area contributed by atoms with Gasteiger partial charge in [-0.1, -0.05) is 18.3 Å². The van der Waals surface area contributed by atoms with Gasteiger partial charge in [-0.15, -0.1) is 0 Å². The van der Waals surface area contributed by atoms with Gasteiger partial charge in [0, 0.05) is 18.9 Å². The van der Waals surface area contributed by atoms with Crippen LogP contribution >= 0.6 is 15.6 Å². The van der Waals surface area contributed by atoms with E-state index in [1.54, 1.807) is 7.05 Å². The Bertz CT molecular complexity index is 1260. The average molecular weight is 555 g/mol. The number of aliphatic hydroxyl groups is 1. The number of phosphoric acid groups is 2. The molecule has 5 atom stereocenters. The van der Waals surface area contributed by atoms with Crippen molar-refractivity contribution < 1.29 is 51.8 Å². The van der Waals surface area contributed by atoms with Gasteiger partial charge in [-0.25, -0.2) is 13.7 Å². The number of ether oxygens (including phenoxy) is 1. The van der Waals surface area contributed by atoms with Crippen LogP contribution in [-0.4, -0.2) is 65.6 Å². The van der Waals surface area contributed by atoms with E-state index >= 15 is 0 Å². The van der Waals surface area contributed by atoms with E-state index in [0.29, 0.717) is 6.42 Å². The zero-order valence-corrected chi connectivity index (χ0v) is 21.2. The highest BCUT2D eigenvalue weighted by Gasteiger charge is 2.48. The van der Waals surface area contributed by atoms with Crippen LogP contribution in [0.1, 0.15) is 32.4 Å². The fourth-order valence-corrected chi connectivity index (χ4v) is 5.47. The molecule has 2 aromatic heterocycles. The minimum absolute atomic E-state index is 0.0766. The molecule has 2 aromatic rings. The molecule has 1 amide bonds. The van der Waals surface area contributed by atoms with Crippen LogP contribution in [0, 0.1) is 5.92 Å². The molecule has 0 bridgehead atoms. The highest BCUT2D eigenvalue weighted by atomic mass is 31.3. The van der Waals surface area contributed by atoms with E-state index in [2.05, 4.69) is 19.6 Å². The van der Waals surface area contributed by atoms with Crippen molar-refractivity contribution in [2.45, 2.75) is 44.6 Å². The second kappa shape index (κ2) is 11.0. The number of hydrogen-bond donors (Lipinski definition) is 7. The SMILES string of the molecule is CCCCC(=O)NC[C@H]1[C@@H](O)[C@H]([n+]2cn(C)c3c(=O)[nH]c(N)nc32)O[C@@H]1COP(=O)(O)OP(=O)(O)O. The number of carbonyl (C=O) groups is 1. The number of nitrogens with zero attached hydrogens (tertiary/aromatic N) is 3. The summed E-state index contributed by atoms with van der Waals surface area (Å²) in [7, 11) is -9.00. The number of nitrogens with two attached hydrogens (primary N) is 1. The van der Waals surface area contributed by atoms with Crippen molar-refractivity contribution in [1.29, 1.82) is 0 Å². The number of H-pyrrole nitrogens is 1. The Morgan fingerprint density at radius 1 is 1.39 bits per heavy atom. The third-order valence-electron chi connectivity index (χ3n) is 5.49. The van der Waals surface area contributed by atoms with Gasteiger partial charge in [0.2, 0.25) is 17.7 Å². The van der Waals surface area contributed by atoms with Gasteiger partial charge in [0.15, 0.2) is 6.33 Å². The van der Waals surface area contributed by atoms with E-state index in [0.717, 1.165) is 6.42 Å². The molecule has 0 aromatic carbocycles. The number of unbranched alkanes of at least 4 members (excludes halogenated alkanes) is 1. The Balaban J connectivity index is 1.88. The van der Waals surface area contributed by atoms with Crippen LogP contribution in [0.2, 0.25) is 0 Å². The number of nitrogens with one attached hydrogen (secondary N) is 2. The lowest BCUT2D eigenvalue weighted by atomic mass is 9.98. The van der Waals surface area contributed by atoms with E-state index < -0.39 is 52.2 Å².